The fraction of sp³-hybridized carbons (Fsp3) is 0.143. The second kappa shape index (κ2) is 2.56. The van der Waals surface area contributed by atoms with Gasteiger partial charge in [-0.25, -0.2) is 4.79 Å². The summed E-state index contributed by atoms with van der Waals surface area (Å²) in [6.07, 6.45) is 1.70. The van der Waals surface area contributed by atoms with E-state index in [9.17, 15) is 4.79 Å². The molecule has 10 heavy (non-hydrogen) atoms. The molecule has 1 aromatic rings. The molecule has 0 aliphatic heterocycles. The molecule has 1 N–H and O–H groups in total. The minimum absolute atomic E-state index is 0.294. The highest BCUT2D eigenvalue weighted by atomic mass is 16.4. The zero-order chi connectivity index (χ0) is 7.56. The molecule has 0 saturated heterocycles. The lowest BCUT2D eigenvalue weighted by molar-refractivity contribution is 0.0687. The molecule has 1 rings (SSSR count). The second-order valence-electron chi connectivity index (χ2n) is 1.86. The number of carboxylic acid groups (broad SMARTS) is 1. The summed E-state index contributed by atoms with van der Waals surface area (Å²) in [7, 11) is 0. The Morgan fingerprint density at radius 1 is 1.80 bits per heavy atom. The van der Waals surface area contributed by atoms with Crippen LogP contribution in [0, 0.1) is 6.54 Å². The van der Waals surface area contributed by atoms with Crippen molar-refractivity contribution in [2.45, 2.75) is 6.92 Å². The van der Waals surface area contributed by atoms with E-state index in [2.05, 4.69) is 0 Å². The van der Waals surface area contributed by atoms with Gasteiger partial charge in [0.2, 0.25) is 0 Å². The van der Waals surface area contributed by atoms with Crippen LogP contribution >= 0.6 is 0 Å². The normalized spacial score (nSPS) is 9.70. The largest absolute Gasteiger partial charge is 0.477 e. The van der Waals surface area contributed by atoms with E-state index in [1.54, 1.807) is 36.4 Å². The highest BCUT2D eigenvalue weighted by Crippen LogP contribution is 2.01. The van der Waals surface area contributed by atoms with E-state index in [4.69, 9.17) is 5.11 Å². The Balaban J connectivity index is 3.01. The van der Waals surface area contributed by atoms with Gasteiger partial charge in [0.05, 0.1) is 6.54 Å². The fourth-order valence-corrected chi connectivity index (χ4v) is 0.800. The number of rotatable bonds is 2. The smallest absolute Gasteiger partial charge is 0.352 e. The highest BCUT2D eigenvalue weighted by molar-refractivity contribution is 5.85. The van der Waals surface area contributed by atoms with Gasteiger partial charge in [0.25, 0.3) is 0 Å². The van der Waals surface area contributed by atoms with E-state index in [-0.39, 0.29) is 0 Å². The molecule has 1 heterocycles. The quantitative estimate of drug-likeness (QED) is 0.667. The molecule has 1 aromatic heterocycles. The molecule has 0 aromatic carbocycles. The molecule has 0 aliphatic carbocycles. The van der Waals surface area contributed by atoms with E-state index < -0.39 is 5.97 Å². The van der Waals surface area contributed by atoms with E-state index in [0.717, 1.165) is 0 Å². The topological polar surface area (TPSA) is 42.2 Å². The molecule has 0 fully saturated rings. The van der Waals surface area contributed by atoms with Gasteiger partial charge in [-0.2, -0.15) is 0 Å². The van der Waals surface area contributed by atoms with Crippen molar-refractivity contribution < 1.29 is 9.90 Å². The maximum atomic E-state index is 10.4. The standard InChI is InChI=1S/C7H8NO2/c1-2-8-5-3-4-6(8)7(9)10/h2-5H,1H3,(H,9,10). The van der Waals surface area contributed by atoms with Crippen molar-refractivity contribution in [2.75, 3.05) is 0 Å². The Kier molecular flexibility index (Phi) is 1.76. The third-order valence-electron chi connectivity index (χ3n) is 1.28. The maximum absolute atomic E-state index is 10.4. The third kappa shape index (κ3) is 1.03. The van der Waals surface area contributed by atoms with Crippen molar-refractivity contribution >= 4 is 5.97 Å². The summed E-state index contributed by atoms with van der Waals surface area (Å²) in [5, 5.41) is 8.54. The van der Waals surface area contributed by atoms with Gasteiger partial charge >= 0.3 is 5.97 Å². The van der Waals surface area contributed by atoms with Gasteiger partial charge in [0.1, 0.15) is 5.69 Å². The van der Waals surface area contributed by atoms with Crippen molar-refractivity contribution in [2.24, 2.45) is 0 Å². The second-order valence-corrected chi connectivity index (χ2v) is 1.86. The minimum Gasteiger partial charge on any atom is -0.477 e. The van der Waals surface area contributed by atoms with Crippen LogP contribution in [0.2, 0.25) is 0 Å². The molecule has 0 spiro atoms. The predicted octanol–water partition coefficient (Wildman–Crippen LogP) is 1.22. The molecule has 53 valence electrons. The molecule has 0 atom stereocenters. The lowest BCUT2D eigenvalue weighted by Gasteiger charge is -1.98. The number of aromatic nitrogens is 1. The lowest BCUT2D eigenvalue weighted by atomic mass is 10.4. The first-order chi connectivity index (χ1) is 4.75. The van der Waals surface area contributed by atoms with E-state index in [1.807, 2.05) is 0 Å². The summed E-state index contributed by atoms with van der Waals surface area (Å²) < 4.78 is 1.56. The Labute approximate surface area is 58.9 Å². The lowest BCUT2D eigenvalue weighted by Crippen LogP contribution is -2.04. The van der Waals surface area contributed by atoms with Crippen LogP contribution in [0.25, 0.3) is 0 Å². The van der Waals surface area contributed by atoms with Gasteiger partial charge in [-0.3, -0.25) is 0 Å². The van der Waals surface area contributed by atoms with Crippen LogP contribution in [-0.4, -0.2) is 15.6 Å². The molecular weight excluding hydrogens is 130 g/mol. The monoisotopic (exact) mass is 138 g/mol. The summed E-state index contributed by atoms with van der Waals surface area (Å²) >= 11 is 0. The first-order valence-corrected chi connectivity index (χ1v) is 2.95. The SMILES string of the molecule is C[CH]n1cccc1C(=O)O. The van der Waals surface area contributed by atoms with Crippen LogP contribution in [0.15, 0.2) is 18.3 Å². The average Bonchev–Trinajstić information content (AvgIpc) is 2.33. The number of nitrogens with zero attached hydrogens (tertiary/aromatic N) is 1. The zero-order valence-corrected chi connectivity index (χ0v) is 5.61. The molecule has 0 saturated carbocycles. The number of hydrogen-bond donors (Lipinski definition) is 1. The Hall–Kier alpha value is -1.25. The molecule has 0 amide bonds. The van der Waals surface area contributed by atoms with Crippen molar-refractivity contribution in [3.63, 3.8) is 0 Å². The number of carboxylic acids is 1. The Morgan fingerprint density at radius 2 is 2.50 bits per heavy atom. The Bertz CT molecular complexity index is 240. The maximum Gasteiger partial charge on any atom is 0.352 e. The van der Waals surface area contributed by atoms with Crippen molar-refractivity contribution in [3.8, 4) is 0 Å². The van der Waals surface area contributed by atoms with E-state index >= 15 is 0 Å². The molecule has 3 nitrogen and oxygen atoms in total. The summed E-state index contributed by atoms with van der Waals surface area (Å²) in [5.41, 5.74) is 0.294. The molecule has 0 unspecified atom stereocenters. The van der Waals surface area contributed by atoms with Crippen LogP contribution in [0.5, 0.6) is 0 Å². The molecule has 0 aliphatic rings. The van der Waals surface area contributed by atoms with Crippen LogP contribution < -0.4 is 0 Å². The summed E-state index contributed by atoms with van der Waals surface area (Å²) in [5.74, 6) is -0.900. The van der Waals surface area contributed by atoms with Gasteiger partial charge < -0.3 is 9.67 Å². The van der Waals surface area contributed by atoms with Gasteiger partial charge in [-0.15, -0.1) is 0 Å². The summed E-state index contributed by atoms with van der Waals surface area (Å²) in [4.78, 5) is 10.4. The third-order valence-corrected chi connectivity index (χ3v) is 1.28. The van der Waals surface area contributed by atoms with Crippen molar-refractivity contribution in [1.29, 1.82) is 0 Å². The van der Waals surface area contributed by atoms with Gasteiger partial charge in [-0.1, -0.05) is 0 Å². The molecule has 3 heteroatoms. The number of carbonyl (C=O) groups is 1. The molecule has 0 bridgehead atoms. The minimum atomic E-state index is -0.900. The van der Waals surface area contributed by atoms with E-state index in [0.29, 0.717) is 5.69 Å². The van der Waals surface area contributed by atoms with Crippen molar-refractivity contribution in [3.05, 3.63) is 30.6 Å². The molecule has 1 radical (unpaired) electrons. The summed E-state index contributed by atoms with van der Waals surface area (Å²) in [6.45, 7) is 3.48. The predicted molar refractivity (Wildman–Crippen MR) is 36.8 cm³/mol. The van der Waals surface area contributed by atoms with Crippen LogP contribution in [-0.2, 0) is 0 Å². The number of hydrogen-bond acceptors (Lipinski definition) is 1. The van der Waals surface area contributed by atoms with Gasteiger partial charge in [-0.05, 0) is 19.1 Å². The van der Waals surface area contributed by atoms with Gasteiger partial charge in [0.15, 0.2) is 0 Å². The van der Waals surface area contributed by atoms with Crippen LogP contribution in [0.4, 0.5) is 0 Å². The van der Waals surface area contributed by atoms with Crippen molar-refractivity contribution in [1.82, 2.24) is 4.57 Å². The average molecular weight is 138 g/mol. The van der Waals surface area contributed by atoms with Crippen LogP contribution in [0.1, 0.15) is 17.4 Å². The zero-order valence-electron chi connectivity index (χ0n) is 5.61. The first-order valence-electron chi connectivity index (χ1n) is 2.95. The Morgan fingerprint density at radius 3 is 2.90 bits per heavy atom. The first kappa shape index (κ1) is 6.86. The highest BCUT2D eigenvalue weighted by Gasteiger charge is 2.05. The van der Waals surface area contributed by atoms with Crippen LogP contribution in [0.3, 0.4) is 0 Å². The summed E-state index contributed by atoms with van der Waals surface area (Å²) in [6, 6.07) is 3.26. The van der Waals surface area contributed by atoms with E-state index in [1.165, 1.54) is 0 Å². The number of aromatic carboxylic acids is 1. The van der Waals surface area contributed by atoms with Gasteiger partial charge in [0, 0.05) is 6.20 Å². The molecular formula is C7H8NO2. The fourth-order valence-electron chi connectivity index (χ4n) is 0.800.